The van der Waals surface area contributed by atoms with Gasteiger partial charge in [0.25, 0.3) is 0 Å². The number of hydrogen-bond donors (Lipinski definition) is 1. The molecule has 0 fully saturated rings. The first kappa shape index (κ1) is 14.7. The Kier molecular flexibility index (Phi) is 5.71. The highest BCUT2D eigenvalue weighted by atomic mass is 35.5. The number of rotatable bonds is 7. The molecule has 20 heavy (non-hydrogen) atoms. The van der Waals surface area contributed by atoms with Gasteiger partial charge in [-0.2, -0.15) is 0 Å². The Hall–Kier alpha value is -1.71. The van der Waals surface area contributed by atoms with E-state index >= 15 is 0 Å². The van der Waals surface area contributed by atoms with Crippen LogP contribution in [0.3, 0.4) is 0 Å². The zero-order valence-corrected chi connectivity index (χ0v) is 12.2. The lowest BCUT2D eigenvalue weighted by atomic mass is 10.2. The second kappa shape index (κ2) is 7.78. The lowest BCUT2D eigenvalue weighted by Gasteiger charge is -2.10. The van der Waals surface area contributed by atoms with Crippen molar-refractivity contribution >= 4 is 17.3 Å². The summed E-state index contributed by atoms with van der Waals surface area (Å²) < 4.78 is 10.5. The Labute approximate surface area is 124 Å². The fourth-order valence-electron chi connectivity index (χ4n) is 1.79. The summed E-state index contributed by atoms with van der Waals surface area (Å²) in [6.07, 6.45) is 0. The molecule has 0 saturated heterocycles. The summed E-state index contributed by atoms with van der Waals surface area (Å²) in [4.78, 5) is 0. The maximum Gasteiger partial charge on any atom is 0.119 e. The van der Waals surface area contributed by atoms with Crippen LogP contribution < -0.4 is 10.1 Å². The van der Waals surface area contributed by atoms with E-state index in [4.69, 9.17) is 21.1 Å². The molecule has 0 aliphatic carbocycles. The first-order valence-electron chi connectivity index (χ1n) is 6.48. The number of nitrogens with one attached hydrogen (secondary N) is 1. The van der Waals surface area contributed by atoms with E-state index in [9.17, 15) is 0 Å². The number of hydrogen-bond acceptors (Lipinski definition) is 3. The number of ether oxygens (including phenoxy) is 2. The van der Waals surface area contributed by atoms with Crippen molar-refractivity contribution in [2.45, 2.75) is 6.54 Å². The van der Waals surface area contributed by atoms with Crippen LogP contribution in [0.2, 0.25) is 5.02 Å². The predicted molar refractivity (Wildman–Crippen MR) is 82.6 cm³/mol. The third kappa shape index (κ3) is 4.44. The molecule has 0 amide bonds. The molecular weight excluding hydrogens is 274 g/mol. The summed E-state index contributed by atoms with van der Waals surface area (Å²) in [6, 6.07) is 15.7. The molecule has 0 aliphatic heterocycles. The van der Waals surface area contributed by atoms with Crippen LogP contribution in [-0.4, -0.2) is 20.3 Å². The normalized spacial score (nSPS) is 10.3. The molecule has 0 heterocycles. The van der Waals surface area contributed by atoms with E-state index in [2.05, 4.69) is 5.32 Å². The van der Waals surface area contributed by atoms with Gasteiger partial charge in [0.1, 0.15) is 12.4 Å². The third-order valence-electron chi connectivity index (χ3n) is 2.81. The van der Waals surface area contributed by atoms with Crippen LogP contribution in [-0.2, 0) is 11.3 Å². The van der Waals surface area contributed by atoms with Gasteiger partial charge < -0.3 is 14.8 Å². The monoisotopic (exact) mass is 291 g/mol. The quantitative estimate of drug-likeness (QED) is 0.783. The Morgan fingerprint density at radius 1 is 1.05 bits per heavy atom. The SMILES string of the molecule is COCCOc1cccc(CNc2ccccc2Cl)c1. The minimum Gasteiger partial charge on any atom is -0.491 e. The second-order valence-corrected chi connectivity index (χ2v) is 4.73. The Morgan fingerprint density at radius 2 is 1.90 bits per heavy atom. The summed E-state index contributed by atoms with van der Waals surface area (Å²) >= 11 is 6.11. The van der Waals surface area contributed by atoms with Crippen molar-refractivity contribution in [3.05, 3.63) is 59.1 Å². The van der Waals surface area contributed by atoms with Gasteiger partial charge in [-0.05, 0) is 29.8 Å². The molecule has 0 atom stereocenters. The Bertz CT molecular complexity index is 546. The molecule has 2 aromatic carbocycles. The topological polar surface area (TPSA) is 30.5 Å². The summed E-state index contributed by atoms with van der Waals surface area (Å²) in [7, 11) is 1.66. The summed E-state index contributed by atoms with van der Waals surface area (Å²) in [5.74, 6) is 0.848. The van der Waals surface area contributed by atoms with Gasteiger partial charge in [0, 0.05) is 13.7 Å². The van der Waals surface area contributed by atoms with Crippen LogP contribution in [0.1, 0.15) is 5.56 Å². The zero-order valence-electron chi connectivity index (χ0n) is 11.4. The van der Waals surface area contributed by atoms with Gasteiger partial charge in [0.2, 0.25) is 0 Å². The largest absolute Gasteiger partial charge is 0.491 e. The highest BCUT2D eigenvalue weighted by Crippen LogP contribution is 2.21. The van der Waals surface area contributed by atoms with E-state index in [0.717, 1.165) is 22.0 Å². The van der Waals surface area contributed by atoms with Crippen LogP contribution in [0.25, 0.3) is 0 Å². The van der Waals surface area contributed by atoms with E-state index in [1.165, 1.54) is 0 Å². The molecule has 0 bridgehead atoms. The molecule has 0 aromatic heterocycles. The van der Waals surface area contributed by atoms with Gasteiger partial charge in [-0.15, -0.1) is 0 Å². The average molecular weight is 292 g/mol. The third-order valence-corrected chi connectivity index (χ3v) is 3.14. The van der Waals surface area contributed by atoms with Crippen molar-refractivity contribution < 1.29 is 9.47 Å². The van der Waals surface area contributed by atoms with Crippen LogP contribution >= 0.6 is 11.6 Å². The lowest BCUT2D eigenvalue weighted by Crippen LogP contribution is -2.05. The van der Waals surface area contributed by atoms with Gasteiger partial charge in [-0.1, -0.05) is 35.9 Å². The zero-order chi connectivity index (χ0) is 14.2. The first-order chi connectivity index (χ1) is 9.79. The Morgan fingerprint density at radius 3 is 2.70 bits per heavy atom. The number of anilines is 1. The van der Waals surface area contributed by atoms with E-state index in [0.29, 0.717) is 19.8 Å². The van der Waals surface area contributed by atoms with Crippen molar-refractivity contribution in [1.82, 2.24) is 0 Å². The highest BCUT2D eigenvalue weighted by molar-refractivity contribution is 6.33. The van der Waals surface area contributed by atoms with Crippen LogP contribution in [0, 0.1) is 0 Å². The molecule has 4 heteroatoms. The van der Waals surface area contributed by atoms with E-state index in [-0.39, 0.29) is 0 Å². The molecule has 0 radical (unpaired) electrons. The number of halogens is 1. The summed E-state index contributed by atoms with van der Waals surface area (Å²) in [6.45, 7) is 1.84. The molecule has 0 unspecified atom stereocenters. The number of para-hydroxylation sites is 1. The van der Waals surface area contributed by atoms with Crippen molar-refractivity contribution in [3.8, 4) is 5.75 Å². The molecule has 2 aromatic rings. The second-order valence-electron chi connectivity index (χ2n) is 4.32. The minimum atomic E-state index is 0.553. The van der Waals surface area contributed by atoms with Crippen molar-refractivity contribution in [2.75, 3.05) is 25.6 Å². The predicted octanol–water partition coefficient (Wildman–Crippen LogP) is 3.98. The van der Waals surface area contributed by atoms with Gasteiger partial charge in [0.05, 0.1) is 17.3 Å². The molecule has 106 valence electrons. The smallest absolute Gasteiger partial charge is 0.119 e. The minimum absolute atomic E-state index is 0.553. The lowest BCUT2D eigenvalue weighted by molar-refractivity contribution is 0.146. The van der Waals surface area contributed by atoms with E-state index < -0.39 is 0 Å². The Balaban J connectivity index is 1.93. The summed E-state index contributed by atoms with van der Waals surface area (Å²) in [5, 5.41) is 4.03. The van der Waals surface area contributed by atoms with Crippen molar-refractivity contribution in [3.63, 3.8) is 0 Å². The molecule has 1 N–H and O–H groups in total. The summed E-state index contributed by atoms with van der Waals surface area (Å²) in [5.41, 5.74) is 2.07. The average Bonchev–Trinajstić information content (AvgIpc) is 2.47. The highest BCUT2D eigenvalue weighted by Gasteiger charge is 2.00. The maximum absolute atomic E-state index is 6.11. The maximum atomic E-state index is 6.11. The fraction of sp³-hybridized carbons (Fsp3) is 0.250. The molecule has 3 nitrogen and oxygen atoms in total. The molecule has 0 spiro atoms. The number of methoxy groups -OCH3 is 1. The van der Waals surface area contributed by atoms with Crippen molar-refractivity contribution in [2.24, 2.45) is 0 Å². The van der Waals surface area contributed by atoms with Gasteiger partial charge in [-0.3, -0.25) is 0 Å². The van der Waals surface area contributed by atoms with Gasteiger partial charge in [0.15, 0.2) is 0 Å². The van der Waals surface area contributed by atoms with Gasteiger partial charge in [-0.25, -0.2) is 0 Å². The number of benzene rings is 2. The molecule has 2 rings (SSSR count). The van der Waals surface area contributed by atoms with Crippen LogP contribution in [0.15, 0.2) is 48.5 Å². The standard InChI is InChI=1S/C16H18ClNO2/c1-19-9-10-20-14-6-4-5-13(11-14)12-18-16-8-3-2-7-15(16)17/h2-8,11,18H,9-10,12H2,1H3. The van der Waals surface area contributed by atoms with E-state index in [1.54, 1.807) is 7.11 Å². The molecule has 0 saturated carbocycles. The van der Waals surface area contributed by atoms with E-state index in [1.807, 2.05) is 48.5 Å². The molecule has 0 aliphatic rings. The first-order valence-corrected chi connectivity index (χ1v) is 6.86. The van der Waals surface area contributed by atoms with Crippen LogP contribution in [0.5, 0.6) is 5.75 Å². The van der Waals surface area contributed by atoms with Crippen LogP contribution in [0.4, 0.5) is 5.69 Å². The van der Waals surface area contributed by atoms with Gasteiger partial charge >= 0.3 is 0 Å². The molecular formula is C16H18ClNO2. The fourth-order valence-corrected chi connectivity index (χ4v) is 1.99. The van der Waals surface area contributed by atoms with Crippen molar-refractivity contribution in [1.29, 1.82) is 0 Å².